The molecule has 0 amide bonds. The normalized spacial score (nSPS) is 15.2. The van der Waals surface area contributed by atoms with Gasteiger partial charge >= 0.3 is 0 Å². The average molecular weight is 347 g/mol. The average Bonchev–Trinajstić information content (AvgIpc) is 2.50. The minimum atomic E-state index is -0.0638. The molecule has 1 atom stereocenters. The Balaban J connectivity index is 2.08. The lowest BCUT2D eigenvalue weighted by Crippen LogP contribution is -2.30. The summed E-state index contributed by atoms with van der Waals surface area (Å²) in [7, 11) is 0. The van der Waals surface area contributed by atoms with Crippen LogP contribution < -0.4 is 16.0 Å². The van der Waals surface area contributed by atoms with Gasteiger partial charge in [-0.05, 0) is 48.6 Å². The van der Waals surface area contributed by atoms with Gasteiger partial charge in [0.1, 0.15) is 5.75 Å². The van der Waals surface area contributed by atoms with Gasteiger partial charge in [0, 0.05) is 10.0 Å². The van der Waals surface area contributed by atoms with Gasteiger partial charge in [-0.25, -0.2) is 5.43 Å². The number of nitrogens with two attached hydrogens (primary N) is 1. The predicted molar refractivity (Wildman–Crippen MR) is 88.3 cm³/mol. The van der Waals surface area contributed by atoms with E-state index in [4.69, 9.17) is 10.6 Å². The molecule has 1 unspecified atom stereocenters. The van der Waals surface area contributed by atoms with Gasteiger partial charge in [0.2, 0.25) is 0 Å². The van der Waals surface area contributed by atoms with E-state index in [1.807, 2.05) is 6.07 Å². The van der Waals surface area contributed by atoms with Crippen LogP contribution in [0.2, 0.25) is 0 Å². The van der Waals surface area contributed by atoms with E-state index in [0.29, 0.717) is 0 Å². The number of hydrazine groups is 1. The number of rotatable bonds is 3. The molecule has 3 N–H and O–H groups in total. The fourth-order valence-electron chi connectivity index (χ4n) is 2.95. The Morgan fingerprint density at radius 2 is 2.10 bits per heavy atom. The Hall–Kier alpha value is -1.36. The highest BCUT2D eigenvalue weighted by Gasteiger charge is 2.22. The highest BCUT2D eigenvalue weighted by atomic mass is 79.9. The van der Waals surface area contributed by atoms with Crippen LogP contribution in [0, 0.1) is 6.92 Å². The number of hydrogen-bond donors (Lipinski definition) is 2. The van der Waals surface area contributed by atoms with Crippen molar-refractivity contribution in [1.29, 1.82) is 0 Å². The summed E-state index contributed by atoms with van der Waals surface area (Å²) >= 11 is 3.51. The molecule has 0 aromatic heterocycles. The molecule has 0 bridgehead atoms. The Morgan fingerprint density at radius 3 is 2.86 bits per heavy atom. The van der Waals surface area contributed by atoms with Gasteiger partial charge in [-0.2, -0.15) is 0 Å². The number of hydrogen-bond acceptors (Lipinski definition) is 3. The summed E-state index contributed by atoms with van der Waals surface area (Å²) in [5.41, 5.74) is 7.70. The van der Waals surface area contributed by atoms with E-state index in [1.165, 1.54) is 16.7 Å². The van der Waals surface area contributed by atoms with Crippen molar-refractivity contribution in [3.8, 4) is 5.75 Å². The molecule has 0 fully saturated rings. The molecular formula is C17H19BrN2O. The zero-order chi connectivity index (χ0) is 14.8. The second-order valence-corrected chi connectivity index (χ2v) is 6.30. The van der Waals surface area contributed by atoms with Gasteiger partial charge in [-0.1, -0.05) is 40.2 Å². The zero-order valence-electron chi connectivity index (χ0n) is 12.0. The van der Waals surface area contributed by atoms with Crippen LogP contribution in [0.5, 0.6) is 5.75 Å². The maximum absolute atomic E-state index is 5.92. The van der Waals surface area contributed by atoms with Crippen LogP contribution in [0.4, 0.5) is 0 Å². The highest BCUT2D eigenvalue weighted by Crippen LogP contribution is 2.36. The minimum absolute atomic E-state index is 0.0638. The molecule has 1 aliphatic rings. The van der Waals surface area contributed by atoms with E-state index in [0.717, 1.165) is 35.2 Å². The molecule has 21 heavy (non-hydrogen) atoms. The molecule has 1 heterocycles. The van der Waals surface area contributed by atoms with Crippen LogP contribution >= 0.6 is 15.9 Å². The van der Waals surface area contributed by atoms with Crippen LogP contribution in [0.25, 0.3) is 0 Å². The Bertz CT molecular complexity index is 657. The molecular weight excluding hydrogens is 328 g/mol. The van der Waals surface area contributed by atoms with Gasteiger partial charge in [-0.3, -0.25) is 5.84 Å². The molecule has 0 aliphatic carbocycles. The summed E-state index contributed by atoms with van der Waals surface area (Å²) in [6.07, 6.45) is 2.15. The third-order valence-corrected chi connectivity index (χ3v) is 4.48. The second-order valence-electron chi connectivity index (χ2n) is 5.39. The molecule has 1 aliphatic heterocycles. The fourth-order valence-corrected chi connectivity index (χ4v) is 3.43. The van der Waals surface area contributed by atoms with Gasteiger partial charge in [0.05, 0.1) is 12.6 Å². The van der Waals surface area contributed by atoms with Crippen LogP contribution in [0.3, 0.4) is 0 Å². The number of benzene rings is 2. The number of halogens is 1. The molecule has 0 saturated carbocycles. The standard InChI is InChI=1S/C17H19BrN2O/c1-11-10-13(18)7-8-14(11)16(20-19)15-6-2-4-12-5-3-9-21-17(12)15/h2,4,6-8,10,16,20H,3,5,9,19H2,1H3. The van der Waals surface area contributed by atoms with Crippen molar-refractivity contribution < 1.29 is 4.74 Å². The lowest BCUT2D eigenvalue weighted by atomic mass is 9.92. The lowest BCUT2D eigenvalue weighted by Gasteiger charge is -2.26. The van der Waals surface area contributed by atoms with Crippen LogP contribution in [-0.4, -0.2) is 6.61 Å². The van der Waals surface area contributed by atoms with E-state index < -0.39 is 0 Å². The van der Waals surface area contributed by atoms with Gasteiger partial charge in [-0.15, -0.1) is 0 Å². The van der Waals surface area contributed by atoms with Crippen LogP contribution in [-0.2, 0) is 6.42 Å². The first-order valence-electron chi connectivity index (χ1n) is 7.17. The molecule has 2 aromatic rings. The van der Waals surface area contributed by atoms with Crippen LogP contribution in [0.15, 0.2) is 40.9 Å². The van der Waals surface area contributed by atoms with E-state index in [9.17, 15) is 0 Å². The number of fused-ring (bicyclic) bond motifs is 1. The van der Waals surface area contributed by atoms with Gasteiger partial charge in [0.25, 0.3) is 0 Å². The molecule has 110 valence electrons. The summed E-state index contributed by atoms with van der Waals surface area (Å²) in [5.74, 6) is 6.85. The number of para-hydroxylation sites is 1. The Kier molecular flexibility index (Phi) is 4.29. The molecule has 4 heteroatoms. The van der Waals surface area contributed by atoms with E-state index in [-0.39, 0.29) is 6.04 Å². The highest BCUT2D eigenvalue weighted by molar-refractivity contribution is 9.10. The molecule has 3 nitrogen and oxygen atoms in total. The van der Waals surface area contributed by atoms with Crippen molar-refractivity contribution in [3.63, 3.8) is 0 Å². The van der Waals surface area contributed by atoms with Crippen molar-refractivity contribution in [1.82, 2.24) is 5.43 Å². The van der Waals surface area contributed by atoms with E-state index >= 15 is 0 Å². The maximum Gasteiger partial charge on any atom is 0.127 e. The Labute approximate surface area is 133 Å². The number of ether oxygens (including phenoxy) is 1. The van der Waals surface area contributed by atoms with Crippen molar-refractivity contribution in [3.05, 3.63) is 63.1 Å². The summed E-state index contributed by atoms with van der Waals surface area (Å²) < 4.78 is 6.99. The second kappa shape index (κ2) is 6.18. The first kappa shape index (κ1) is 14.6. The summed E-state index contributed by atoms with van der Waals surface area (Å²) in [6, 6.07) is 12.5. The molecule has 0 spiro atoms. The number of nitrogens with one attached hydrogen (secondary N) is 1. The third kappa shape index (κ3) is 2.84. The number of aryl methyl sites for hydroxylation is 2. The molecule has 0 saturated heterocycles. The largest absolute Gasteiger partial charge is 0.493 e. The van der Waals surface area contributed by atoms with Crippen LogP contribution in [0.1, 0.15) is 34.7 Å². The first-order chi connectivity index (χ1) is 10.2. The summed E-state index contributed by atoms with van der Waals surface area (Å²) in [4.78, 5) is 0. The van der Waals surface area contributed by atoms with Gasteiger partial charge < -0.3 is 4.74 Å². The summed E-state index contributed by atoms with van der Waals surface area (Å²) in [5, 5.41) is 0. The predicted octanol–water partition coefficient (Wildman–Crippen LogP) is 3.64. The zero-order valence-corrected chi connectivity index (χ0v) is 13.6. The summed E-state index contributed by atoms with van der Waals surface area (Å²) in [6.45, 7) is 2.88. The topological polar surface area (TPSA) is 47.3 Å². The van der Waals surface area contributed by atoms with Crippen molar-refractivity contribution >= 4 is 15.9 Å². The maximum atomic E-state index is 5.92. The quantitative estimate of drug-likeness (QED) is 0.658. The van der Waals surface area contributed by atoms with Gasteiger partial charge in [0.15, 0.2) is 0 Å². The minimum Gasteiger partial charge on any atom is -0.493 e. The Morgan fingerprint density at radius 1 is 1.24 bits per heavy atom. The monoisotopic (exact) mass is 346 g/mol. The van der Waals surface area contributed by atoms with E-state index in [2.05, 4.69) is 58.6 Å². The molecule has 0 radical (unpaired) electrons. The third-order valence-electron chi connectivity index (χ3n) is 3.98. The lowest BCUT2D eigenvalue weighted by molar-refractivity contribution is 0.283. The van der Waals surface area contributed by atoms with Crippen molar-refractivity contribution in [2.45, 2.75) is 25.8 Å². The molecule has 2 aromatic carbocycles. The first-order valence-corrected chi connectivity index (χ1v) is 7.97. The van der Waals surface area contributed by atoms with E-state index in [1.54, 1.807) is 0 Å². The fraction of sp³-hybridized carbons (Fsp3) is 0.294. The van der Waals surface area contributed by atoms with Crippen molar-refractivity contribution in [2.75, 3.05) is 6.61 Å². The molecule has 3 rings (SSSR count). The smallest absolute Gasteiger partial charge is 0.127 e. The van der Waals surface area contributed by atoms with Crippen molar-refractivity contribution in [2.24, 2.45) is 5.84 Å². The SMILES string of the molecule is Cc1cc(Br)ccc1C(NN)c1cccc2c1OCCC2.